The molecule has 7 nitrogen and oxygen atoms in total. The molecule has 19 heavy (non-hydrogen) atoms. The number of hydrogen-bond acceptors (Lipinski definition) is 6. The minimum atomic E-state index is -1.70. The highest BCUT2D eigenvalue weighted by Gasteiger charge is 2.44. The second kappa shape index (κ2) is 8.05. The molecule has 0 amide bonds. The van der Waals surface area contributed by atoms with Gasteiger partial charge in [-0.25, -0.2) is 4.79 Å². The summed E-state index contributed by atoms with van der Waals surface area (Å²) in [5.41, 5.74) is -0.200. The topological polar surface area (TPSA) is 91.3 Å². The summed E-state index contributed by atoms with van der Waals surface area (Å²) < 4.78 is 20.5. The van der Waals surface area contributed by atoms with Crippen molar-refractivity contribution in [1.29, 1.82) is 0 Å². The maximum Gasteiger partial charge on any atom is 0.356 e. The molecule has 0 bridgehead atoms. The van der Waals surface area contributed by atoms with Crippen molar-refractivity contribution in [3.8, 4) is 0 Å². The van der Waals surface area contributed by atoms with Gasteiger partial charge in [-0.2, -0.15) is 0 Å². The van der Waals surface area contributed by atoms with Gasteiger partial charge in [-0.3, -0.25) is 4.79 Å². The van der Waals surface area contributed by atoms with Crippen LogP contribution in [0, 0.1) is 0 Å². The standard InChI is InChI=1S/C11H20O7Si/c1-7(5-9(12)13)10(14)18-11(16-3,17-4)8(6-19)15-2/h8H,1,5-6H2,2-4,19H3,(H,12,13). The number of carbonyl (C=O) groups is 2. The number of carboxylic acid groups (broad SMARTS) is 1. The Morgan fingerprint density at radius 3 is 2.16 bits per heavy atom. The second-order valence-electron chi connectivity index (χ2n) is 3.71. The monoisotopic (exact) mass is 292 g/mol. The summed E-state index contributed by atoms with van der Waals surface area (Å²) in [6.45, 7) is 3.36. The number of carbonyl (C=O) groups excluding carboxylic acids is 1. The highest BCUT2D eigenvalue weighted by atomic mass is 28.1. The Balaban J connectivity index is 4.98. The minimum Gasteiger partial charge on any atom is -0.481 e. The fraction of sp³-hybridized carbons (Fsp3) is 0.636. The maximum atomic E-state index is 11.8. The van der Waals surface area contributed by atoms with Crippen LogP contribution < -0.4 is 0 Å². The maximum absolute atomic E-state index is 11.8. The van der Waals surface area contributed by atoms with Crippen LogP contribution in [0.15, 0.2) is 12.2 Å². The van der Waals surface area contributed by atoms with Crippen LogP contribution in [-0.2, 0) is 28.5 Å². The Morgan fingerprint density at radius 2 is 1.84 bits per heavy atom. The first-order valence-corrected chi connectivity index (χ1v) is 7.04. The molecule has 0 aromatic heterocycles. The molecule has 110 valence electrons. The lowest BCUT2D eigenvalue weighted by molar-refractivity contribution is -0.377. The first-order valence-electron chi connectivity index (χ1n) is 5.62. The van der Waals surface area contributed by atoms with E-state index in [9.17, 15) is 9.59 Å². The fourth-order valence-electron chi connectivity index (χ4n) is 1.51. The van der Waals surface area contributed by atoms with Gasteiger partial charge in [0.05, 0.1) is 6.42 Å². The molecule has 0 aliphatic rings. The predicted molar refractivity (Wildman–Crippen MR) is 69.8 cm³/mol. The van der Waals surface area contributed by atoms with Crippen molar-refractivity contribution in [3.05, 3.63) is 12.2 Å². The van der Waals surface area contributed by atoms with Gasteiger partial charge in [0.2, 0.25) is 0 Å². The van der Waals surface area contributed by atoms with E-state index in [2.05, 4.69) is 6.58 Å². The van der Waals surface area contributed by atoms with Crippen molar-refractivity contribution < 1.29 is 33.6 Å². The lowest BCUT2D eigenvalue weighted by Crippen LogP contribution is -2.50. The SMILES string of the molecule is C=C(CC(=O)O)C(=O)OC(OC)(OC)C(C[SiH3])OC. The van der Waals surface area contributed by atoms with Gasteiger partial charge in [0.1, 0.15) is 6.10 Å². The summed E-state index contributed by atoms with van der Waals surface area (Å²) in [6, 6.07) is 0.594. The van der Waals surface area contributed by atoms with E-state index in [0.717, 1.165) is 10.2 Å². The third-order valence-corrected chi connectivity index (χ3v) is 3.25. The van der Waals surface area contributed by atoms with Gasteiger partial charge in [0, 0.05) is 37.1 Å². The summed E-state index contributed by atoms with van der Waals surface area (Å²) in [7, 11) is 4.82. The van der Waals surface area contributed by atoms with Crippen LogP contribution in [0.5, 0.6) is 0 Å². The summed E-state index contributed by atoms with van der Waals surface area (Å²) in [5, 5.41) is 8.60. The van der Waals surface area contributed by atoms with Crippen LogP contribution in [-0.4, -0.2) is 60.7 Å². The number of carboxylic acids is 1. The molecule has 8 heteroatoms. The minimum absolute atomic E-state index is 0.200. The first kappa shape index (κ1) is 17.8. The number of hydrogen-bond donors (Lipinski definition) is 1. The molecule has 0 heterocycles. The molecule has 0 radical (unpaired) electrons. The lowest BCUT2D eigenvalue weighted by atomic mass is 10.2. The van der Waals surface area contributed by atoms with Crippen LogP contribution >= 0.6 is 0 Å². The molecule has 0 saturated carbocycles. The van der Waals surface area contributed by atoms with Crippen molar-refractivity contribution in [2.24, 2.45) is 0 Å². The van der Waals surface area contributed by atoms with Gasteiger partial charge >= 0.3 is 17.9 Å². The van der Waals surface area contributed by atoms with E-state index in [4.69, 9.17) is 24.1 Å². The Morgan fingerprint density at radius 1 is 1.32 bits per heavy atom. The van der Waals surface area contributed by atoms with E-state index in [1.54, 1.807) is 0 Å². The van der Waals surface area contributed by atoms with E-state index in [-0.39, 0.29) is 5.57 Å². The van der Waals surface area contributed by atoms with Crippen LogP contribution in [0.25, 0.3) is 0 Å². The average molecular weight is 292 g/mol. The molecule has 0 fully saturated rings. The molecule has 1 unspecified atom stereocenters. The van der Waals surface area contributed by atoms with Gasteiger partial charge in [-0.15, -0.1) is 0 Å². The third-order valence-electron chi connectivity index (χ3n) is 2.51. The quantitative estimate of drug-likeness (QED) is 0.260. The number of aliphatic carboxylic acids is 1. The lowest BCUT2D eigenvalue weighted by Gasteiger charge is -2.35. The zero-order valence-corrected chi connectivity index (χ0v) is 13.6. The summed E-state index contributed by atoms with van der Waals surface area (Å²) in [4.78, 5) is 22.3. The largest absolute Gasteiger partial charge is 0.481 e. The van der Waals surface area contributed by atoms with E-state index in [0.29, 0.717) is 6.04 Å². The Labute approximate surface area is 114 Å². The third kappa shape index (κ3) is 4.75. The molecular formula is C11H20O7Si. The van der Waals surface area contributed by atoms with Gasteiger partial charge in [0.25, 0.3) is 0 Å². The van der Waals surface area contributed by atoms with Crippen LogP contribution in [0.2, 0.25) is 6.04 Å². The molecule has 0 aliphatic heterocycles. The van der Waals surface area contributed by atoms with Crippen molar-refractivity contribution in [1.82, 2.24) is 0 Å². The second-order valence-corrected chi connectivity index (χ2v) is 4.52. The van der Waals surface area contributed by atoms with Crippen molar-refractivity contribution in [2.45, 2.75) is 24.5 Å². The molecular weight excluding hydrogens is 272 g/mol. The van der Waals surface area contributed by atoms with Gasteiger partial charge in [-0.05, 0) is 6.04 Å². The molecule has 1 N–H and O–H groups in total. The Bertz CT molecular complexity index is 334. The van der Waals surface area contributed by atoms with E-state index >= 15 is 0 Å². The molecule has 1 atom stereocenters. The zero-order valence-electron chi connectivity index (χ0n) is 11.6. The van der Waals surface area contributed by atoms with Crippen LogP contribution in [0.1, 0.15) is 6.42 Å². The van der Waals surface area contributed by atoms with E-state index in [1.807, 2.05) is 0 Å². The molecule has 0 spiro atoms. The normalized spacial score (nSPS) is 13.0. The number of ether oxygens (including phenoxy) is 4. The predicted octanol–water partition coefficient (Wildman–Crippen LogP) is -0.694. The fourth-order valence-corrected chi connectivity index (χ4v) is 2.35. The summed E-state index contributed by atoms with van der Waals surface area (Å²) in [6.07, 6.45) is -1.11. The Kier molecular flexibility index (Phi) is 7.53. The summed E-state index contributed by atoms with van der Waals surface area (Å²) >= 11 is 0. The highest BCUT2D eigenvalue weighted by molar-refractivity contribution is 6.09. The number of esters is 1. The van der Waals surface area contributed by atoms with Crippen molar-refractivity contribution >= 4 is 22.2 Å². The molecule has 0 saturated heterocycles. The van der Waals surface area contributed by atoms with Crippen molar-refractivity contribution in [2.75, 3.05) is 21.3 Å². The number of methoxy groups -OCH3 is 3. The van der Waals surface area contributed by atoms with E-state index < -0.39 is 30.4 Å². The summed E-state index contributed by atoms with van der Waals surface area (Å²) in [5.74, 6) is -3.77. The number of rotatable bonds is 9. The van der Waals surface area contributed by atoms with Crippen molar-refractivity contribution in [3.63, 3.8) is 0 Å². The van der Waals surface area contributed by atoms with Gasteiger partial charge in [-0.1, -0.05) is 6.58 Å². The van der Waals surface area contributed by atoms with Crippen LogP contribution in [0.3, 0.4) is 0 Å². The molecule has 0 rings (SSSR count). The first-order chi connectivity index (χ1) is 8.86. The highest BCUT2D eigenvalue weighted by Crippen LogP contribution is 2.24. The molecule has 0 aliphatic carbocycles. The van der Waals surface area contributed by atoms with Gasteiger partial charge in [0.15, 0.2) is 0 Å². The Hall–Kier alpha value is -1.22. The van der Waals surface area contributed by atoms with E-state index in [1.165, 1.54) is 21.3 Å². The smallest absolute Gasteiger partial charge is 0.356 e. The average Bonchev–Trinajstić information content (AvgIpc) is 2.37. The molecule has 0 aromatic rings. The zero-order chi connectivity index (χ0) is 15.1. The molecule has 0 aromatic carbocycles. The van der Waals surface area contributed by atoms with Gasteiger partial charge < -0.3 is 24.1 Å². The van der Waals surface area contributed by atoms with Crippen LogP contribution in [0.4, 0.5) is 0 Å².